The van der Waals surface area contributed by atoms with Crippen molar-refractivity contribution < 1.29 is 14.2 Å². The van der Waals surface area contributed by atoms with E-state index in [9.17, 15) is 9.59 Å². The van der Waals surface area contributed by atoms with Crippen molar-refractivity contribution in [1.82, 2.24) is 10.6 Å². The van der Waals surface area contributed by atoms with Gasteiger partial charge >= 0.3 is 0 Å². The van der Waals surface area contributed by atoms with Crippen LogP contribution >= 0.6 is 0 Å². The van der Waals surface area contributed by atoms with Gasteiger partial charge in [-0.15, -0.1) is 0 Å². The normalized spacial score (nSPS) is 11.9. The number of aromatic nitrogens is 1. The summed E-state index contributed by atoms with van der Waals surface area (Å²) in [6.07, 6.45) is 35.9. The van der Waals surface area contributed by atoms with Gasteiger partial charge in [-0.1, -0.05) is 141 Å². The van der Waals surface area contributed by atoms with E-state index in [4.69, 9.17) is 0 Å². The van der Waals surface area contributed by atoms with Crippen LogP contribution in [0.15, 0.2) is 30.6 Å². The molecule has 5 heteroatoms. The second-order valence-electron chi connectivity index (χ2n) is 12.6. The van der Waals surface area contributed by atoms with Gasteiger partial charge in [0.1, 0.15) is 12.6 Å². The molecule has 1 atom stereocenters. The van der Waals surface area contributed by atoms with E-state index in [2.05, 4.69) is 52.7 Å². The molecule has 2 N–H and O–H groups in total. The van der Waals surface area contributed by atoms with Crippen molar-refractivity contribution in [3.63, 3.8) is 0 Å². The number of amides is 2. The Hall–Kier alpha value is -1.91. The highest BCUT2D eigenvalue weighted by Crippen LogP contribution is 2.14. The molecule has 1 heterocycles. The van der Waals surface area contributed by atoms with Gasteiger partial charge in [-0.3, -0.25) is 9.59 Å². The Morgan fingerprint density at radius 3 is 1.50 bits per heavy atom. The van der Waals surface area contributed by atoms with Gasteiger partial charge in [0.05, 0.1) is 0 Å². The fourth-order valence-corrected chi connectivity index (χ4v) is 5.64. The Bertz CT molecular complexity index is 740. The van der Waals surface area contributed by atoms with Crippen LogP contribution in [-0.2, 0) is 16.1 Å². The largest absolute Gasteiger partial charge is 0.354 e. The number of nitrogens with zero attached hydrogens (tertiary/aromatic N) is 1. The fourth-order valence-electron chi connectivity index (χ4n) is 5.64. The highest BCUT2D eigenvalue weighted by Gasteiger charge is 2.14. The summed E-state index contributed by atoms with van der Waals surface area (Å²) in [6, 6.07) is 5.77. The number of pyridine rings is 1. The fraction of sp³-hybridized carbons (Fsp3) is 0.811. The van der Waals surface area contributed by atoms with Gasteiger partial charge in [-0.25, -0.2) is 4.57 Å². The number of nitrogens with one attached hydrogen (secondary N) is 2. The molecule has 0 saturated carbocycles. The van der Waals surface area contributed by atoms with Gasteiger partial charge in [0.25, 0.3) is 0 Å². The topological polar surface area (TPSA) is 62.1 Å². The van der Waals surface area contributed by atoms with E-state index in [1.807, 2.05) is 0 Å². The molecule has 0 aliphatic carbocycles. The molecule has 0 unspecified atom stereocenters. The van der Waals surface area contributed by atoms with Gasteiger partial charge in [-0.05, 0) is 26.2 Å². The summed E-state index contributed by atoms with van der Waals surface area (Å²) in [5.74, 6) is -0.0616. The molecular weight excluding hydrogens is 518 g/mol. The summed E-state index contributed by atoms with van der Waals surface area (Å²) < 4.78 is 2.25. The van der Waals surface area contributed by atoms with Crippen molar-refractivity contribution in [2.45, 2.75) is 187 Å². The molecular formula is C37H68N3O2+. The summed E-state index contributed by atoms with van der Waals surface area (Å²) in [7, 11) is 0. The Morgan fingerprint density at radius 2 is 1.00 bits per heavy atom. The average molecular weight is 587 g/mol. The molecule has 1 aromatic rings. The van der Waals surface area contributed by atoms with E-state index in [0.29, 0.717) is 13.0 Å². The number of hydrogen-bond acceptors (Lipinski definition) is 2. The van der Waals surface area contributed by atoms with Gasteiger partial charge in [-0.2, -0.15) is 0 Å². The molecule has 42 heavy (non-hydrogen) atoms. The van der Waals surface area contributed by atoms with Gasteiger partial charge in [0, 0.05) is 31.5 Å². The third-order valence-corrected chi connectivity index (χ3v) is 8.45. The number of carbonyl (C=O) groups excluding carboxylic acids is 2. The number of hydrogen-bond donors (Lipinski definition) is 2. The number of carbonyl (C=O) groups is 2. The number of unbranched alkanes of at least 4 members (excludes halogenated alkanes) is 22. The zero-order chi connectivity index (χ0) is 30.4. The van der Waals surface area contributed by atoms with Gasteiger partial charge < -0.3 is 10.6 Å². The minimum Gasteiger partial charge on any atom is -0.354 e. The van der Waals surface area contributed by atoms with Crippen LogP contribution in [0.1, 0.15) is 174 Å². The first-order valence-electron chi connectivity index (χ1n) is 18.1. The lowest BCUT2D eigenvalue weighted by molar-refractivity contribution is -0.697. The molecule has 1 aromatic heterocycles. The zero-order valence-corrected chi connectivity index (χ0v) is 27.8. The third kappa shape index (κ3) is 24.7. The third-order valence-electron chi connectivity index (χ3n) is 8.45. The van der Waals surface area contributed by atoms with Crippen molar-refractivity contribution in [2.24, 2.45) is 0 Å². The quantitative estimate of drug-likeness (QED) is 0.0697. The monoisotopic (exact) mass is 587 g/mol. The highest BCUT2D eigenvalue weighted by molar-refractivity contribution is 5.87. The van der Waals surface area contributed by atoms with E-state index in [-0.39, 0.29) is 11.8 Å². The maximum absolute atomic E-state index is 12.3. The molecule has 0 aliphatic heterocycles. The second-order valence-corrected chi connectivity index (χ2v) is 12.6. The Balaban J connectivity index is 1.81. The molecule has 0 saturated heterocycles. The van der Waals surface area contributed by atoms with Crippen molar-refractivity contribution in [1.29, 1.82) is 0 Å². The molecule has 0 aromatic carbocycles. The maximum atomic E-state index is 12.3. The molecule has 0 radical (unpaired) electrons. The van der Waals surface area contributed by atoms with E-state index >= 15 is 0 Å². The SMILES string of the molecule is CCCCCCCCCCCCCCCCCCNC(=O)[C@H](C)NC(=O)CCCCCCCCCC[n+]1ccccc1. The maximum Gasteiger partial charge on any atom is 0.242 e. The van der Waals surface area contributed by atoms with Crippen LogP contribution in [0.5, 0.6) is 0 Å². The molecule has 0 aliphatic rings. The minimum atomic E-state index is -0.451. The zero-order valence-electron chi connectivity index (χ0n) is 27.8. The van der Waals surface area contributed by atoms with Crippen LogP contribution in [0.25, 0.3) is 0 Å². The molecule has 1 rings (SSSR count). The summed E-state index contributed by atoms with van der Waals surface area (Å²) in [4.78, 5) is 24.5. The summed E-state index contributed by atoms with van der Waals surface area (Å²) >= 11 is 0. The van der Waals surface area contributed by atoms with Crippen molar-refractivity contribution in [2.75, 3.05) is 6.54 Å². The number of aryl methyl sites for hydroxylation is 1. The standard InChI is InChI=1S/C37H67N3O2/c1-3-4-5-6-7-8-9-10-11-12-13-14-16-19-22-26-31-38-37(42)35(2)39-36(41)30-25-21-18-15-17-20-23-27-32-40-33-28-24-29-34-40/h24,28-29,33-35H,3-23,25-27,30-32H2,1-2H3,(H-,38,39,41,42)/p+1/t35-/m0/s1. The first-order valence-corrected chi connectivity index (χ1v) is 18.1. The lowest BCUT2D eigenvalue weighted by Gasteiger charge is -2.14. The van der Waals surface area contributed by atoms with Crippen LogP contribution in [0.2, 0.25) is 0 Å². The molecule has 0 bridgehead atoms. The van der Waals surface area contributed by atoms with Crippen LogP contribution in [0.3, 0.4) is 0 Å². The number of rotatable bonds is 30. The van der Waals surface area contributed by atoms with Crippen LogP contribution in [0, 0.1) is 0 Å². The molecule has 0 spiro atoms. The lowest BCUT2D eigenvalue weighted by atomic mass is 10.0. The molecule has 242 valence electrons. The first kappa shape index (κ1) is 38.1. The summed E-state index contributed by atoms with van der Waals surface area (Å²) in [6.45, 7) is 5.89. The predicted octanol–water partition coefficient (Wildman–Crippen LogP) is 9.37. The smallest absolute Gasteiger partial charge is 0.242 e. The molecule has 2 amide bonds. The van der Waals surface area contributed by atoms with Crippen LogP contribution < -0.4 is 15.2 Å². The van der Waals surface area contributed by atoms with Crippen molar-refractivity contribution in [3.05, 3.63) is 30.6 Å². The van der Waals surface area contributed by atoms with E-state index in [0.717, 1.165) is 25.8 Å². The summed E-state index contributed by atoms with van der Waals surface area (Å²) in [5.41, 5.74) is 0. The van der Waals surface area contributed by atoms with E-state index in [1.54, 1.807) is 6.92 Å². The average Bonchev–Trinajstić information content (AvgIpc) is 3.00. The highest BCUT2D eigenvalue weighted by atomic mass is 16.2. The Labute approximate surface area is 260 Å². The lowest BCUT2D eigenvalue weighted by Crippen LogP contribution is -2.45. The van der Waals surface area contributed by atoms with Crippen molar-refractivity contribution >= 4 is 11.8 Å². The molecule has 0 fully saturated rings. The van der Waals surface area contributed by atoms with Gasteiger partial charge in [0.2, 0.25) is 11.8 Å². The van der Waals surface area contributed by atoms with Crippen LogP contribution in [0.4, 0.5) is 0 Å². The second kappa shape index (κ2) is 29.2. The Kier molecular flexibility index (Phi) is 26.5. The van der Waals surface area contributed by atoms with Gasteiger partial charge in [0.15, 0.2) is 12.4 Å². The van der Waals surface area contributed by atoms with Crippen molar-refractivity contribution in [3.8, 4) is 0 Å². The van der Waals surface area contributed by atoms with E-state index < -0.39 is 6.04 Å². The van der Waals surface area contributed by atoms with Crippen LogP contribution in [-0.4, -0.2) is 24.4 Å². The Morgan fingerprint density at radius 1 is 0.571 bits per heavy atom. The summed E-state index contributed by atoms with van der Waals surface area (Å²) in [5, 5.41) is 5.87. The minimum absolute atomic E-state index is 0.00142. The molecule has 5 nitrogen and oxygen atoms in total. The predicted molar refractivity (Wildman–Crippen MR) is 178 cm³/mol. The first-order chi connectivity index (χ1) is 20.6. The van der Waals surface area contributed by atoms with E-state index in [1.165, 1.54) is 135 Å².